The first kappa shape index (κ1) is 10.3. The first-order valence-electron chi connectivity index (χ1n) is 4.35. The first-order chi connectivity index (χ1) is 6.63. The maximum Gasteiger partial charge on any atom is 0.164 e. The van der Waals surface area contributed by atoms with Crippen molar-refractivity contribution >= 4 is 5.78 Å². The topological polar surface area (TPSA) is 61.1 Å². The van der Waals surface area contributed by atoms with Gasteiger partial charge in [0.05, 0.1) is 12.0 Å². The van der Waals surface area contributed by atoms with Crippen LogP contribution in [0.25, 0.3) is 0 Å². The largest absolute Gasteiger partial charge is 0.508 e. The maximum absolute atomic E-state index is 11.5. The van der Waals surface area contributed by atoms with E-state index >= 15 is 0 Å². The van der Waals surface area contributed by atoms with E-state index in [0.29, 0.717) is 5.56 Å². The molecule has 0 aliphatic heterocycles. The molecule has 1 rings (SSSR count). The summed E-state index contributed by atoms with van der Waals surface area (Å²) < 4.78 is 0. The summed E-state index contributed by atoms with van der Waals surface area (Å²) in [5.41, 5.74) is 0.451. The van der Waals surface area contributed by atoms with Crippen LogP contribution >= 0.6 is 0 Å². The van der Waals surface area contributed by atoms with E-state index in [1.807, 2.05) is 6.07 Å². The molecule has 0 aliphatic rings. The van der Waals surface area contributed by atoms with Crippen LogP contribution in [0.3, 0.4) is 0 Å². The normalized spacial score (nSPS) is 11.7. The summed E-state index contributed by atoms with van der Waals surface area (Å²) in [5.74, 6) is -0.333. The molecule has 1 aromatic carbocycles. The SMILES string of the molecule is CC(C#N)CC(=O)c1cccc(O)c1. The van der Waals surface area contributed by atoms with E-state index < -0.39 is 0 Å². The number of nitrogens with zero attached hydrogens (tertiary/aromatic N) is 1. The van der Waals surface area contributed by atoms with Crippen molar-refractivity contribution in [3.8, 4) is 11.8 Å². The molecule has 0 spiro atoms. The lowest BCUT2D eigenvalue weighted by Crippen LogP contribution is -2.04. The van der Waals surface area contributed by atoms with Crippen LogP contribution in [0.2, 0.25) is 0 Å². The molecule has 0 heterocycles. The minimum atomic E-state index is -0.287. The molecule has 1 N–H and O–H groups in total. The van der Waals surface area contributed by atoms with Gasteiger partial charge in [-0.05, 0) is 19.1 Å². The number of rotatable bonds is 3. The number of hydrogen-bond donors (Lipinski definition) is 1. The molecule has 0 radical (unpaired) electrons. The molecule has 1 unspecified atom stereocenters. The van der Waals surface area contributed by atoms with Gasteiger partial charge in [-0.2, -0.15) is 5.26 Å². The third-order valence-electron chi connectivity index (χ3n) is 1.88. The van der Waals surface area contributed by atoms with Crippen LogP contribution in [0, 0.1) is 17.2 Å². The zero-order chi connectivity index (χ0) is 10.6. The number of Topliss-reactive ketones (excluding diaryl/α,β-unsaturated/α-hetero) is 1. The zero-order valence-electron chi connectivity index (χ0n) is 7.90. The number of ketones is 1. The monoisotopic (exact) mass is 189 g/mol. The number of phenols is 1. The second-order valence-electron chi connectivity index (χ2n) is 3.21. The molecule has 0 saturated carbocycles. The summed E-state index contributed by atoms with van der Waals surface area (Å²) in [6.45, 7) is 1.70. The molecule has 1 atom stereocenters. The number of phenolic OH excluding ortho intramolecular Hbond substituents is 1. The van der Waals surface area contributed by atoms with E-state index in [1.54, 1.807) is 19.1 Å². The second kappa shape index (κ2) is 4.43. The summed E-state index contributed by atoms with van der Waals surface area (Å²) in [6.07, 6.45) is 0.194. The molecule has 0 aliphatic carbocycles. The number of carbonyl (C=O) groups is 1. The van der Waals surface area contributed by atoms with Crippen molar-refractivity contribution in [2.45, 2.75) is 13.3 Å². The van der Waals surface area contributed by atoms with Gasteiger partial charge in [-0.3, -0.25) is 4.79 Å². The van der Waals surface area contributed by atoms with Crippen molar-refractivity contribution in [2.75, 3.05) is 0 Å². The van der Waals surface area contributed by atoms with Gasteiger partial charge in [0.1, 0.15) is 5.75 Å². The number of carbonyl (C=O) groups excluding carboxylic acids is 1. The van der Waals surface area contributed by atoms with E-state index in [-0.39, 0.29) is 23.9 Å². The predicted octanol–water partition coefficient (Wildman–Crippen LogP) is 2.12. The molecule has 1 aromatic rings. The third kappa shape index (κ3) is 2.60. The highest BCUT2D eigenvalue weighted by molar-refractivity contribution is 5.96. The van der Waals surface area contributed by atoms with Crippen molar-refractivity contribution in [1.29, 1.82) is 5.26 Å². The Labute approximate surface area is 82.6 Å². The van der Waals surface area contributed by atoms with Crippen LogP contribution in [0.1, 0.15) is 23.7 Å². The average molecular weight is 189 g/mol. The lowest BCUT2D eigenvalue weighted by atomic mass is 10.0. The van der Waals surface area contributed by atoms with Gasteiger partial charge >= 0.3 is 0 Å². The predicted molar refractivity (Wildman–Crippen MR) is 51.8 cm³/mol. The van der Waals surface area contributed by atoms with Gasteiger partial charge in [-0.15, -0.1) is 0 Å². The lowest BCUT2D eigenvalue weighted by Gasteiger charge is -2.02. The lowest BCUT2D eigenvalue weighted by molar-refractivity contribution is 0.0972. The molecular weight excluding hydrogens is 178 g/mol. The highest BCUT2D eigenvalue weighted by atomic mass is 16.3. The molecular formula is C11H11NO2. The minimum absolute atomic E-state index is 0.0699. The maximum atomic E-state index is 11.5. The van der Waals surface area contributed by atoms with E-state index in [9.17, 15) is 4.79 Å². The quantitative estimate of drug-likeness (QED) is 0.741. The Balaban J connectivity index is 2.76. The summed E-state index contributed by atoms with van der Waals surface area (Å²) in [7, 11) is 0. The summed E-state index contributed by atoms with van der Waals surface area (Å²) in [6, 6.07) is 8.15. The van der Waals surface area contributed by atoms with Gasteiger partial charge in [0.25, 0.3) is 0 Å². The van der Waals surface area contributed by atoms with Gasteiger partial charge in [-0.25, -0.2) is 0 Å². The van der Waals surface area contributed by atoms with E-state index in [2.05, 4.69) is 0 Å². The van der Waals surface area contributed by atoms with Crippen molar-refractivity contribution < 1.29 is 9.90 Å². The van der Waals surface area contributed by atoms with Crippen LogP contribution in [0.5, 0.6) is 5.75 Å². The Morgan fingerprint density at radius 2 is 2.36 bits per heavy atom. The van der Waals surface area contributed by atoms with E-state index in [4.69, 9.17) is 10.4 Å². The zero-order valence-corrected chi connectivity index (χ0v) is 7.90. The Kier molecular flexibility index (Phi) is 3.24. The van der Waals surface area contributed by atoms with Crippen LogP contribution in [0.4, 0.5) is 0 Å². The fraction of sp³-hybridized carbons (Fsp3) is 0.273. The van der Waals surface area contributed by atoms with Crippen molar-refractivity contribution in [1.82, 2.24) is 0 Å². The molecule has 0 bridgehead atoms. The second-order valence-corrected chi connectivity index (χ2v) is 3.21. The van der Waals surface area contributed by atoms with Crippen molar-refractivity contribution in [3.05, 3.63) is 29.8 Å². The summed E-state index contributed by atoms with van der Waals surface area (Å²) in [4.78, 5) is 11.5. The minimum Gasteiger partial charge on any atom is -0.508 e. The fourth-order valence-electron chi connectivity index (χ4n) is 1.12. The number of benzene rings is 1. The van der Waals surface area contributed by atoms with Crippen LogP contribution < -0.4 is 0 Å². The Morgan fingerprint density at radius 3 is 2.93 bits per heavy atom. The van der Waals surface area contributed by atoms with Crippen LogP contribution in [0.15, 0.2) is 24.3 Å². The molecule has 3 heteroatoms. The Hall–Kier alpha value is -1.82. The Bertz CT molecular complexity index is 379. The van der Waals surface area contributed by atoms with Crippen molar-refractivity contribution in [3.63, 3.8) is 0 Å². The highest BCUT2D eigenvalue weighted by Crippen LogP contribution is 2.14. The van der Waals surface area contributed by atoms with Crippen molar-refractivity contribution in [2.24, 2.45) is 5.92 Å². The van der Waals surface area contributed by atoms with E-state index in [1.165, 1.54) is 12.1 Å². The summed E-state index contributed by atoms with van der Waals surface area (Å²) >= 11 is 0. The van der Waals surface area contributed by atoms with Gasteiger partial charge in [0.15, 0.2) is 5.78 Å². The van der Waals surface area contributed by atoms with Gasteiger partial charge < -0.3 is 5.11 Å². The molecule has 3 nitrogen and oxygen atoms in total. The molecule has 0 amide bonds. The van der Waals surface area contributed by atoms with Gasteiger partial charge in [-0.1, -0.05) is 12.1 Å². The Morgan fingerprint density at radius 1 is 1.64 bits per heavy atom. The standard InChI is InChI=1S/C11H11NO2/c1-8(7-12)5-11(14)9-3-2-4-10(13)6-9/h2-4,6,8,13H,5H2,1H3. The smallest absolute Gasteiger partial charge is 0.164 e. The first-order valence-corrected chi connectivity index (χ1v) is 4.35. The number of hydrogen-bond acceptors (Lipinski definition) is 3. The third-order valence-corrected chi connectivity index (χ3v) is 1.88. The van der Waals surface area contributed by atoms with Crippen LogP contribution in [-0.4, -0.2) is 10.9 Å². The number of nitriles is 1. The summed E-state index contributed by atoms with van der Waals surface area (Å²) in [5, 5.41) is 17.7. The highest BCUT2D eigenvalue weighted by Gasteiger charge is 2.10. The molecule has 0 aromatic heterocycles. The van der Waals surface area contributed by atoms with Crippen LogP contribution in [-0.2, 0) is 0 Å². The average Bonchev–Trinajstić information content (AvgIpc) is 2.17. The molecule has 0 fully saturated rings. The molecule has 0 saturated heterocycles. The number of aromatic hydroxyl groups is 1. The van der Waals surface area contributed by atoms with Gasteiger partial charge in [0.2, 0.25) is 0 Å². The molecule has 72 valence electrons. The molecule has 14 heavy (non-hydrogen) atoms. The van der Waals surface area contributed by atoms with Gasteiger partial charge in [0, 0.05) is 12.0 Å². The van der Waals surface area contributed by atoms with E-state index in [0.717, 1.165) is 0 Å². The fourth-order valence-corrected chi connectivity index (χ4v) is 1.12.